The van der Waals surface area contributed by atoms with Gasteiger partial charge in [0.25, 0.3) is 0 Å². The van der Waals surface area contributed by atoms with Crippen LogP contribution in [-0.4, -0.2) is 29.4 Å². The van der Waals surface area contributed by atoms with Crippen molar-refractivity contribution < 1.29 is 19.5 Å². The lowest BCUT2D eigenvalue weighted by molar-refractivity contribution is -0.120. The van der Waals surface area contributed by atoms with Gasteiger partial charge in [0.1, 0.15) is 6.29 Å². The van der Waals surface area contributed by atoms with Gasteiger partial charge in [-0.2, -0.15) is 0 Å². The van der Waals surface area contributed by atoms with Crippen molar-refractivity contribution in [1.29, 1.82) is 0 Å². The molecule has 11 heavy (non-hydrogen) atoms. The van der Waals surface area contributed by atoms with Crippen LogP contribution in [0.15, 0.2) is 0 Å². The van der Waals surface area contributed by atoms with Gasteiger partial charge in [0.05, 0.1) is 12.5 Å². The monoisotopic (exact) mass is 160 g/mol. The number of carboxylic acid groups (broad SMARTS) is 1. The zero-order valence-electron chi connectivity index (χ0n) is 5.61. The second-order valence-electron chi connectivity index (χ2n) is 1.86. The highest BCUT2D eigenvalue weighted by Gasteiger charge is 2.12. The van der Waals surface area contributed by atoms with Gasteiger partial charge < -0.3 is 21.0 Å². The Balaban J connectivity index is 3.85. The minimum Gasteiger partial charge on any atom is -0.465 e. The zero-order valence-corrected chi connectivity index (χ0v) is 5.61. The largest absolute Gasteiger partial charge is 0.465 e. The van der Waals surface area contributed by atoms with Crippen molar-refractivity contribution in [2.24, 2.45) is 5.73 Å². The molecule has 0 radical (unpaired) electrons. The van der Waals surface area contributed by atoms with Crippen LogP contribution in [0.3, 0.4) is 0 Å². The van der Waals surface area contributed by atoms with Gasteiger partial charge in [0, 0.05) is 0 Å². The predicted molar refractivity (Wildman–Crippen MR) is 34.8 cm³/mol. The van der Waals surface area contributed by atoms with E-state index in [0.29, 0.717) is 6.29 Å². The van der Waals surface area contributed by atoms with Crippen LogP contribution in [0.2, 0.25) is 0 Å². The minimum atomic E-state index is -1.36. The highest BCUT2D eigenvalue weighted by atomic mass is 16.4. The molecule has 6 heteroatoms. The summed E-state index contributed by atoms with van der Waals surface area (Å²) in [5, 5.41) is 9.91. The van der Waals surface area contributed by atoms with Crippen molar-refractivity contribution in [1.82, 2.24) is 5.32 Å². The van der Waals surface area contributed by atoms with Gasteiger partial charge in [-0.05, 0) is 0 Å². The smallest absolute Gasteiger partial charge is 0.405 e. The van der Waals surface area contributed by atoms with Gasteiger partial charge in [0.15, 0.2) is 0 Å². The quantitative estimate of drug-likeness (QED) is 0.444. The number of rotatable bonds is 4. The molecule has 0 heterocycles. The van der Waals surface area contributed by atoms with E-state index in [1.807, 2.05) is 5.32 Å². The van der Waals surface area contributed by atoms with Crippen LogP contribution in [-0.2, 0) is 9.59 Å². The van der Waals surface area contributed by atoms with Crippen LogP contribution in [0.1, 0.15) is 6.42 Å². The van der Waals surface area contributed by atoms with Crippen LogP contribution in [0.4, 0.5) is 4.79 Å². The fourth-order valence-corrected chi connectivity index (χ4v) is 0.509. The van der Waals surface area contributed by atoms with Crippen molar-refractivity contribution >= 4 is 18.3 Å². The van der Waals surface area contributed by atoms with Gasteiger partial charge in [-0.1, -0.05) is 0 Å². The third kappa shape index (κ3) is 4.89. The predicted octanol–water partition coefficient (Wildman–Crippen LogP) is -1.30. The summed E-state index contributed by atoms with van der Waals surface area (Å²) < 4.78 is 0. The average Bonchev–Trinajstić information content (AvgIpc) is 1.84. The number of aldehydes is 1. The Morgan fingerprint density at radius 3 is 2.45 bits per heavy atom. The molecule has 0 saturated carbocycles. The fraction of sp³-hybridized carbons (Fsp3) is 0.400. The van der Waals surface area contributed by atoms with Crippen molar-refractivity contribution in [3.05, 3.63) is 0 Å². The Morgan fingerprint density at radius 1 is 1.64 bits per heavy atom. The molecular formula is C5H8N2O4. The molecule has 0 aliphatic carbocycles. The van der Waals surface area contributed by atoms with Crippen LogP contribution in [0.25, 0.3) is 0 Å². The number of carbonyl (C=O) groups excluding carboxylic acids is 2. The number of hydrogen-bond acceptors (Lipinski definition) is 3. The van der Waals surface area contributed by atoms with Gasteiger partial charge in [-0.15, -0.1) is 0 Å². The SMILES string of the molecule is NC(=O)C[C@@H](C=O)NC(=O)O. The van der Waals surface area contributed by atoms with E-state index in [1.54, 1.807) is 0 Å². The topological polar surface area (TPSA) is 109 Å². The molecule has 0 bridgehead atoms. The molecule has 0 aliphatic rings. The molecule has 0 spiro atoms. The normalized spacial score (nSPS) is 11.6. The molecule has 0 aromatic rings. The molecule has 0 aliphatic heterocycles. The number of primary amides is 1. The molecular weight excluding hydrogens is 152 g/mol. The maximum atomic E-state index is 10.2. The van der Waals surface area contributed by atoms with Crippen LogP contribution in [0.5, 0.6) is 0 Å². The molecule has 0 unspecified atom stereocenters. The number of nitrogens with one attached hydrogen (secondary N) is 1. The summed E-state index contributed by atoms with van der Waals surface area (Å²) in [5.74, 6) is -0.726. The van der Waals surface area contributed by atoms with Crippen molar-refractivity contribution in [2.45, 2.75) is 12.5 Å². The van der Waals surface area contributed by atoms with Gasteiger partial charge >= 0.3 is 6.09 Å². The number of nitrogens with two attached hydrogens (primary N) is 1. The average molecular weight is 160 g/mol. The van der Waals surface area contributed by atoms with E-state index < -0.39 is 18.0 Å². The second kappa shape index (κ2) is 4.26. The first-order chi connectivity index (χ1) is 5.06. The first-order valence-electron chi connectivity index (χ1n) is 2.79. The first-order valence-corrected chi connectivity index (χ1v) is 2.79. The summed E-state index contributed by atoms with van der Waals surface area (Å²) >= 11 is 0. The molecule has 1 atom stereocenters. The number of carbonyl (C=O) groups is 3. The van der Waals surface area contributed by atoms with Crippen molar-refractivity contribution in [3.63, 3.8) is 0 Å². The number of hydrogen-bond donors (Lipinski definition) is 3. The highest BCUT2D eigenvalue weighted by molar-refractivity contribution is 5.81. The molecule has 0 saturated heterocycles. The molecule has 0 aromatic carbocycles. The van der Waals surface area contributed by atoms with Crippen molar-refractivity contribution in [2.75, 3.05) is 0 Å². The molecule has 4 N–H and O–H groups in total. The summed E-state index contributed by atoms with van der Waals surface area (Å²) in [6.07, 6.45) is -1.35. The second-order valence-corrected chi connectivity index (χ2v) is 1.86. The summed E-state index contributed by atoms with van der Waals surface area (Å²) in [6.45, 7) is 0. The Labute approximate surface area is 62.4 Å². The van der Waals surface area contributed by atoms with E-state index in [1.165, 1.54) is 0 Å². The van der Waals surface area contributed by atoms with Crippen molar-refractivity contribution in [3.8, 4) is 0 Å². The van der Waals surface area contributed by atoms with E-state index in [-0.39, 0.29) is 6.42 Å². The Kier molecular flexibility index (Phi) is 3.65. The Hall–Kier alpha value is -1.59. The maximum Gasteiger partial charge on any atom is 0.405 e. The summed E-state index contributed by atoms with van der Waals surface area (Å²) in [4.78, 5) is 30.2. The molecule has 6 nitrogen and oxygen atoms in total. The van der Waals surface area contributed by atoms with E-state index >= 15 is 0 Å². The first kappa shape index (κ1) is 9.41. The lowest BCUT2D eigenvalue weighted by Crippen LogP contribution is -2.37. The fourth-order valence-electron chi connectivity index (χ4n) is 0.509. The van der Waals surface area contributed by atoms with E-state index in [4.69, 9.17) is 10.8 Å². The third-order valence-corrected chi connectivity index (χ3v) is 0.894. The molecule has 0 rings (SSSR count). The summed E-state index contributed by atoms with van der Waals surface area (Å²) in [5.41, 5.74) is 4.71. The standard InChI is InChI=1S/C5H8N2O4/c6-4(9)1-3(2-8)7-5(10)11/h2-3,7H,1H2,(H2,6,9)(H,10,11)/t3-/m0/s1. The van der Waals surface area contributed by atoms with E-state index in [2.05, 4.69) is 0 Å². The Morgan fingerprint density at radius 2 is 2.18 bits per heavy atom. The Bertz CT molecular complexity index is 163. The lowest BCUT2D eigenvalue weighted by atomic mass is 10.2. The van der Waals surface area contributed by atoms with Crippen LogP contribution < -0.4 is 11.1 Å². The molecule has 0 fully saturated rings. The number of amides is 2. The van der Waals surface area contributed by atoms with Gasteiger partial charge in [-0.25, -0.2) is 4.79 Å². The minimum absolute atomic E-state index is 0.310. The maximum absolute atomic E-state index is 10.2. The van der Waals surface area contributed by atoms with Crippen LogP contribution in [0, 0.1) is 0 Å². The van der Waals surface area contributed by atoms with Gasteiger partial charge in [0.2, 0.25) is 5.91 Å². The van der Waals surface area contributed by atoms with E-state index in [0.717, 1.165) is 0 Å². The van der Waals surface area contributed by atoms with Crippen LogP contribution >= 0.6 is 0 Å². The van der Waals surface area contributed by atoms with Gasteiger partial charge in [-0.3, -0.25) is 4.79 Å². The third-order valence-electron chi connectivity index (χ3n) is 0.894. The zero-order chi connectivity index (χ0) is 8.85. The van der Waals surface area contributed by atoms with E-state index in [9.17, 15) is 14.4 Å². The highest BCUT2D eigenvalue weighted by Crippen LogP contribution is 1.85. The summed E-state index contributed by atoms with van der Waals surface area (Å²) in [7, 11) is 0. The molecule has 62 valence electrons. The molecule has 2 amide bonds. The summed E-state index contributed by atoms with van der Waals surface area (Å²) in [6, 6.07) is -1.04. The lowest BCUT2D eigenvalue weighted by Gasteiger charge is -2.05. The molecule has 0 aromatic heterocycles.